The van der Waals surface area contributed by atoms with E-state index in [0.717, 1.165) is 25.9 Å². The Balaban J connectivity index is 1.65. The van der Waals surface area contributed by atoms with Gasteiger partial charge in [-0.2, -0.15) is 0 Å². The fourth-order valence-corrected chi connectivity index (χ4v) is 2.85. The van der Waals surface area contributed by atoms with E-state index in [1.54, 1.807) is 23.1 Å². The molecule has 1 aromatic carbocycles. The summed E-state index contributed by atoms with van der Waals surface area (Å²) in [4.78, 5) is 37.1. The van der Waals surface area contributed by atoms with Crippen LogP contribution in [0.5, 0.6) is 0 Å². The molecule has 2 heterocycles. The molecule has 0 aliphatic carbocycles. The number of urea groups is 1. The predicted octanol–water partition coefficient (Wildman–Crippen LogP) is 1.54. The van der Waals surface area contributed by atoms with E-state index >= 15 is 0 Å². The lowest BCUT2D eigenvalue weighted by Gasteiger charge is -2.17. The number of rotatable bonds is 3. The Hall–Kier alpha value is -2.77. The van der Waals surface area contributed by atoms with Gasteiger partial charge in [0.05, 0.1) is 0 Å². The highest BCUT2D eigenvalue weighted by molar-refractivity contribution is 5.98. The Morgan fingerprint density at radius 1 is 1.12 bits per heavy atom. The first-order valence-corrected chi connectivity index (χ1v) is 7.98. The number of hydrogen-bond acceptors (Lipinski definition) is 5. The quantitative estimate of drug-likeness (QED) is 0.574. The summed E-state index contributed by atoms with van der Waals surface area (Å²) in [7, 11) is 0. The first-order chi connectivity index (χ1) is 11.5. The van der Waals surface area contributed by atoms with E-state index in [4.69, 9.17) is 10.5 Å². The zero-order chi connectivity index (χ0) is 17.1. The largest absolute Gasteiger partial charge is 0.452 e. The Bertz CT molecular complexity index is 670. The van der Waals surface area contributed by atoms with Crippen LogP contribution in [-0.4, -0.2) is 42.0 Å². The van der Waals surface area contributed by atoms with Crippen molar-refractivity contribution in [3.05, 3.63) is 18.2 Å². The monoisotopic (exact) mass is 332 g/mol. The van der Waals surface area contributed by atoms with E-state index in [1.807, 2.05) is 0 Å². The third kappa shape index (κ3) is 3.76. The summed E-state index contributed by atoms with van der Waals surface area (Å²) in [6.07, 6.45) is 1.84. The topological polar surface area (TPSA) is 114 Å². The molecule has 4 N–H and O–H groups in total. The first kappa shape index (κ1) is 16.1. The second-order valence-electron chi connectivity index (χ2n) is 5.97. The number of nitrogens with one attached hydrogen (secondary N) is 2. The lowest BCUT2D eigenvalue weighted by atomic mass is 10.2. The number of amides is 3. The minimum absolute atomic E-state index is 0.180. The predicted molar refractivity (Wildman–Crippen MR) is 88.4 cm³/mol. The number of anilines is 3. The van der Waals surface area contributed by atoms with Gasteiger partial charge in [-0.1, -0.05) is 0 Å². The van der Waals surface area contributed by atoms with Crippen molar-refractivity contribution < 1.29 is 19.1 Å². The third-order valence-corrected chi connectivity index (χ3v) is 4.04. The Kier molecular flexibility index (Phi) is 4.54. The van der Waals surface area contributed by atoms with Crippen LogP contribution < -0.4 is 16.4 Å². The second kappa shape index (κ2) is 6.77. The van der Waals surface area contributed by atoms with E-state index in [0.29, 0.717) is 23.5 Å². The molecular formula is C16H20N4O4. The van der Waals surface area contributed by atoms with Crippen molar-refractivity contribution in [1.29, 1.82) is 0 Å². The Morgan fingerprint density at radius 3 is 2.42 bits per heavy atom. The van der Waals surface area contributed by atoms with Crippen LogP contribution in [0.25, 0.3) is 0 Å². The summed E-state index contributed by atoms with van der Waals surface area (Å²) in [5.41, 5.74) is 7.20. The molecule has 0 saturated carbocycles. The second-order valence-corrected chi connectivity index (χ2v) is 5.97. The summed E-state index contributed by atoms with van der Waals surface area (Å²) < 4.78 is 4.93. The maximum absolute atomic E-state index is 12.1. The van der Waals surface area contributed by atoms with Crippen LogP contribution in [0.1, 0.15) is 25.7 Å². The van der Waals surface area contributed by atoms with Crippen molar-refractivity contribution in [2.24, 2.45) is 0 Å². The molecule has 24 heavy (non-hydrogen) atoms. The van der Waals surface area contributed by atoms with Crippen LogP contribution in [0, 0.1) is 0 Å². The molecule has 8 nitrogen and oxygen atoms in total. The molecule has 2 fully saturated rings. The molecule has 2 aliphatic rings. The van der Waals surface area contributed by atoms with Crippen molar-refractivity contribution >= 4 is 35.0 Å². The number of hydrogen-bond donors (Lipinski definition) is 3. The maximum atomic E-state index is 12.1. The van der Waals surface area contributed by atoms with Crippen LogP contribution in [0.4, 0.5) is 21.9 Å². The van der Waals surface area contributed by atoms with Gasteiger partial charge in [0.15, 0.2) is 6.10 Å². The average Bonchev–Trinajstić information content (AvgIpc) is 3.17. The number of nitrogens with two attached hydrogens (primary N) is 1. The molecule has 0 aromatic heterocycles. The van der Waals surface area contributed by atoms with Gasteiger partial charge >= 0.3 is 12.0 Å². The molecule has 0 unspecified atom stereocenters. The highest BCUT2D eigenvalue weighted by Crippen LogP contribution is 2.23. The minimum atomic E-state index is -0.776. The van der Waals surface area contributed by atoms with E-state index < -0.39 is 12.0 Å². The SMILES string of the molecule is Nc1cc(NC(=O)[C@H]2CCC(=O)O2)cc(NC(=O)N2CCCC2)c1. The van der Waals surface area contributed by atoms with Crippen LogP contribution in [0.3, 0.4) is 0 Å². The lowest BCUT2D eigenvalue weighted by molar-refractivity contribution is -0.146. The van der Waals surface area contributed by atoms with Gasteiger partial charge in [-0.05, 0) is 31.0 Å². The molecule has 3 amide bonds. The van der Waals surface area contributed by atoms with E-state index in [2.05, 4.69) is 10.6 Å². The molecular weight excluding hydrogens is 312 g/mol. The number of esters is 1. The first-order valence-electron chi connectivity index (χ1n) is 7.98. The molecule has 1 atom stereocenters. The molecule has 0 bridgehead atoms. The van der Waals surface area contributed by atoms with Gasteiger partial charge in [0, 0.05) is 43.0 Å². The molecule has 2 saturated heterocycles. The number of carbonyl (C=O) groups excluding carboxylic acids is 3. The highest BCUT2D eigenvalue weighted by atomic mass is 16.6. The van der Waals surface area contributed by atoms with Crippen LogP contribution in [0.2, 0.25) is 0 Å². The number of nitrogens with zero attached hydrogens (tertiary/aromatic N) is 1. The zero-order valence-corrected chi connectivity index (χ0v) is 13.2. The number of benzene rings is 1. The number of nitrogen functional groups attached to an aromatic ring is 1. The van der Waals surface area contributed by atoms with Gasteiger partial charge in [0.1, 0.15) is 0 Å². The highest BCUT2D eigenvalue weighted by Gasteiger charge is 2.29. The van der Waals surface area contributed by atoms with E-state index in [-0.39, 0.29) is 18.4 Å². The van der Waals surface area contributed by atoms with Gasteiger partial charge in [0.2, 0.25) is 0 Å². The van der Waals surface area contributed by atoms with Gasteiger partial charge in [-0.25, -0.2) is 4.79 Å². The number of likely N-dealkylation sites (tertiary alicyclic amines) is 1. The summed E-state index contributed by atoms with van der Waals surface area (Å²) >= 11 is 0. The zero-order valence-electron chi connectivity index (χ0n) is 13.2. The van der Waals surface area contributed by atoms with Crippen molar-refractivity contribution in [1.82, 2.24) is 4.90 Å². The summed E-state index contributed by atoms with van der Waals surface area (Å²) in [6, 6.07) is 4.65. The lowest BCUT2D eigenvalue weighted by Crippen LogP contribution is -2.32. The summed E-state index contributed by atoms with van der Waals surface area (Å²) in [5, 5.41) is 5.45. The van der Waals surface area contributed by atoms with Crippen LogP contribution in [0.15, 0.2) is 18.2 Å². The molecule has 2 aliphatic heterocycles. The van der Waals surface area contributed by atoms with Crippen LogP contribution >= 0.6 is 0 Å². The standard InChI is InChI=1S/C16H20N4O4/c17-10-7-11(18-15(22)13-3-4-14(21)24-13)9-12(8-10)19-16(23)20-5-1-2-6-20/h7-9,13H,1-6,17H2,(H,18,22)(H,19,23)/t13-/m1/s1. The molecule has 128 valence electrons. The average molecular weight is 332 g/mol. The molecule has 8 heteroatoms. The normalized spacial score (nSPS) is 19.9. The number of cyclic esters (lactones) is 1. The summed E-state index contributed by atoms with van der Waals surface area (Å²) in [5.74, 6) is -0.774. The third-order valence-electron chi connectivity index (χ3n) is 4.04. The molecule has 0 radical (unpaired) electrons. The van der Waals surface area contributed by atoms with Gasteiger partial charge in [0.25, 0.3) is 5.91 Å². The fraction of sp³-hybridized carbons (Fsp3) is 0.438. The Labute approximate surface area is 139 Å². The summed E-state index contributed by atoms with van der Waals surface area (Å²) in [6.45, 7) is 1.48. The van der Waals surface area contributed by atoms with Crippen molar-refractivity contribution in [2.45, 2.75) is 31.8 Å². The van der Waals surface area contributed by atoms with Crippen molar-refractivity contribution in [2.75, 3.05) is 29.5 Å². The smallest absolute Gasteiger partial charge is 0.321 e. The van der Waals surface area contributed by atoms with E-state index in [9.17, 15) is 14.4 Å². The molecule has 3 rings (SSSR count). The maximum Gasteiger partial charge on any atom is 0.321 e. The van der Waals surface area contributed by atoms with Gasteiger partial charge in [-0.3, -0.25) is 9.59 Å². The van der Waals surface area contributed by atoms with Gasteiger partial charge in [-0.15, -0.1) is 0 Å². The van der Waals surface area contributed by atoms with E-state index in [1.165, 1.54) is 0 Å². The Morgan fingerprint density at radius 2 is 1.79 bits per heavy atom. The minimum Gasteiger partial charge on any atom is -0.452 e. The van der Waals surface area contributed by atoms with Crippen LogP contribution in [-0.2, 0) is 14.3 Å². The van der Waals surface area contributed by atoms with Gasteiger partial charge < -0.3 is 26.0 Å². The van der Waals surface area contributed by atoms with Crippen molar-refractivity contribution in [3.8, 4) is 0 Å². The number of ether oxygens (including phenoxy) is 1. The molecule has 1 aromatic rings. The van der Waals surface area contributed by atoms with Crippen molar-refractivity contribution in [3.63, 3.8) is 0 Å². The fourth-order valence-electron chi connectivity index (χ4n) is 2.85. The molecule has 0 spiro atoms. The number of carbonyl (C=O) groups is 3.